The van der Waals surface area contributed by atoms with Crippen LogP contribution in [0.3, 0.4) is 0 Å². The van der Waals surface area contributed by atoms with Crippen molar-refractivity contribution in [3.8, 4) is 0 Å². The molecule has 3 heteroatoms. The molecular weight excluding hydrogens is 334 g/mol. The van der Waals surface area contributed by atoms with Crippen molar-refractivity contribution in [2.24, 2.45) is 0 Å². The molecule has 1 N–H and O–H groups in total. The Kier molecular flexibility index (Phi) is 6.45. The van der Waals surface area contributed by atoms with Crippen molar-refractivity contribution < 1.29 is 9.53 Å². The standard InChI is InChI=1S/C24H23NO2/c1-27-24(26)17-15-21-14-16-23(20-11-6-3-7-12-20)22(13-8-18-25-21)19-9-4-2-5-10-19/h2-14,18,21,25H,15,17H2,1H3/b18-8+,22-13+. The van der Waals surface area contributed by atoms with Crippen LogP contribution in [-0.2, 0) is 9.53 Å². The van der Waals surface area contributed by atoms with Gasteiger partial charge >= 0.3 is 5.97 Å². The minimum Gasteiger partial charge on any atom is -0.469 e. The number of rotatable bonds is 5. The molecule has 0 bridgehead atoms. The van der Waals surface area contributed by atoms with Gasteiger partial charge in [0, 0.05) is 12.0 Å². The number of hydrogen-bond acceptors (Lipinski definition) is 3. The summed E-state index contributed by atoms with van der Waals surface area (Å²) in [6, 6.07) is 20.5. The summed E-state index contributed by atoms with van der Waals surface area (Å²) in [6.45, 7) is 0. The number of esters is 1. The molecule has 1 heterocycles. The summed E-state index contributed by atoms with van der Waals surface area (Å²) in [5.74, 6) is -0.204. The third kappa shape index (κ3) is 5.10. The molecule has 0 radical (unpaired) electrons. The van der Waals surface area contributed by atoms with Gasteiger partial charge in [0.2, 0.25) is 0 Å². The summed E-state index contributed by atoms with van der Waals surface area (Å²) in [5, 5.41) is 3.32. The molecule has 136 valence electrons. The molecule has 3 nitrogen and oxygen atoms in total. The van der Waals surface area contributed by atoms with E-state index < -0.39 is 0 Å². The van der Waals surface area contributed by atoms with Crippen LogP contribution >= 0.6 is 0 Å². The summed E-state index contributed by atoms with van der Waals surface area (Å²) in [6.07, 6.45) is 9.01. The zero-order chi connectivity index (χ0) is 18.9. The van der Waals surface area contributed by atoms with Gasteiger partial charge in [-0.2, -0.15) is 0 Å². The second kappa shape index (κ2) is 9.42. The van der Waals surface area contributed by atoms with Crippen LogP contribution in [0, 0.1) is 0 Å². The highest BCUT2D eigenvalue weighted by Crippen LogP contribution is 2.31. The van der Waals surface area contributed by atoms with E-state index in [0.717, 1.165) is 22.3 Å². The SMILES string of the molecule is COC(=O)CCC1C=C=C(c2ccccc2)/C(c2ccccc2)=C/C=C/N1. The third-order valence-electron chi connectivity index (χ3n) is 4.40. The number of carbonyl (C=O) groups is 1. The Bertz CT molecular complexity index is 888. The van der Waals surface area contributed by atoms with Crippen LogP contribution in [0.1, 0.15) is 24.0 Å². The van der Waals surface area contributed by atoms with Crippen LogP contribution in [0.2, 0.25) is 0 Å². The maximum Gasteiger partial charge on any atom is 0.305 e. The molecule has 0 amide bonds. The highest BCUT2D eigenvalue weighted by atomic mass is 16.5. The lowest BCUT2D eigenvalue weighted by molar-refractivity contribution is -0.140. The maximum atomic E-state index is 11.5. The molecule has 1 unspecified atom stereocenters. The molecule has 0 aliphatic carbocycles. The second-order valence-electron chi connectivity index (χ2n) is 6.25. The number of ether oxygens (including phenoxy) is 1. The summed E-state index contributed by atoms with van der Waals surface area (Å²) < 4.78 is 4.75. The monoisotopic (exact) mass is 357 g/mol. The lowest BCUT2D eigenvalue weighted by Crippen LogP contribution is -2.22. The van der Waals surface area contributed by atoms with Crippen LogP contribution in [0.15, 0.2) is 90.8 Å². The van der Waals surface area contributed by atoms with E-state index in [0.29, 0.717) is 12.8 Å². The van der Waals surface area contributed by atoms with E-state index in [1.165, 1.54) is 7.11 Å². The lowest BCUT2D eigenvalue weighted by Gasteiger charge is -2.12. The average molecular weight is 357 g/mol. The smallest absolute Gasteiger partial charge is 0.305 e. The van der Waals surface area contributed by atoms with Gasteiger partial charge in [-0.25, -0.2) is 0 Å². The fourth-order valence-corrected chi connectivity index (χ4v) is 2.96. The number of hydrogen-bond donors (Lipinski definition) is 1. The molecule has 0 fully saturated rings. The van der Waals surface area contributed by atoms with Crippen LogP contribution in [0.5, 0.6) is 0 Å². The number of allylic oxidation sites excluding steroid dienone is 3. The van der Waals surface area contributed by atoms with Crippen molar-refractivity contribution in [1.29, 1.82) is 0 Å². The first-order valence-corrected chi connectivity index (χ1v) is 9.05. The first kappa shape index (κ1) is 18.5. The normalized spacial score (nSPS) is 19.4. The van der Waals surface area contributed by atoms with Gasteiger partial charge in [-0.05, 0) is 41.5 Å². The van der Waals surface area contributed by atoms with Gasteiger partial charge in [0.1, 0.15) is 0 Å². The van der Waals surface area contributed by atoms with E-state index in [1.807, 2.05) is 54.8 Å². The zero-order valence-corrected chi connectivity index (χ0v) is 15.4. The van der Waals surface area contributed by atoms with Crippen molar-refractivity contribution >= 4 is 17.1 Å². The van der Waals surface area contributed by atoms with Gasteiger partial charge in [0.15, 0.2) is 0 Å². The number of benzene rings is 2. The molecular formula is C24H23NO2. The van der Waals surface area contributed by atoms with Crippen molar-refractivity contribution in [2.45, 2.75) is 18.9 Å². The predicted octanol–water partition coefficient (Wildman–Crippen LogP) is 4.75. The first-order valence-electron chi connectivity index (χ1n) is 9.05. The molecule has 2 aromatic carbocycles. The van der Waals surface area contributed by atoms with Gasteiger partial charge in [-0.3, -0.25) is 4.79 Å². The van der Waals surface area contributed by atoms with Crippen LogP contribution < -0.4 is 5.32 Å². The van der Waals surface area contributed by atoms with Gasteiger partial charge in [0.05, 0.1) is 13.2 Å². The van der Waals surface area contributed by atoms with E-state index >= 15 is 0 Å². The van der Waals surface area contributed by atoms with Gasteiger partial charge in [-0.1, -0.05) is 66.7 Å². The number of nitrogens with one attached hydrogen (secondary N) is 1. The summed E-state index contributed by atoms with van der Waals surface area (Å²) in [4.78, 5) is 11.5. The van der Waals surface area contributed by atoms with E-state index in [4.69, 9.17) is 4.74 Å². The van der Waals surface area contributed by atoms with Gasteiger partial charge in [-0.15, -0.1) is 5.73 Å². The Morgan fingerprint density at radius 2 is 1.70 bits per heavy atom. The van der Waals surface area contributed by atoms with E-state index in [-0.39, 0.29) is 12.0 Å². The summed E-state index contributed by atoms with van der Waals surface area (Å²) in [7, 11) is 1.41. The maximum absolute atomic E-state index is 11.5. The lowest BCUT2D eigenvalue weighted by atomic mass is 9.92. The Balaban J connectivity index is 2.02. The zero-order valence-electron chi connectivity index (χ0n) is 15.4. The van der Waals surface area contributed by atoms with Gasteiger partial charge in [0.25, 0.3) is 0 Å². The Hall–Kier alpha value is -3.29. The van der Waals surface area contributed by atoms with Crippen molar-refractivity contribution in [1.82, 2.24) is 5.32 Å². The number of methoxy groups -OCH3 is 1. The molecule has 1 atom stereocenters. The molecule has 27 heavy (non-hydrogen) atoms. The fourth-order valence-electron chi connectivity index (χ4n) is 2.96. The minimum absolute atomic E-state index is 0.00239. The quantitative estimate of drug-likeness (QED) is 0.620. The van der Waals surface area contributed by atoms with E-state index in [2.05, 4.69) is 41.4 Å². The highest BCUT2D eigenvalue weighted by molar-refractivity contribution is 6.05. The second-order valence-corrected chi connectivity index (χ2v) is 6.25. The summed E-state index contributed by atoms with van der Waals surface area (Å²) in [5.41, 5.74) is 7.85. The van der Waals surface area contributed by atoms with Crippen LogP contribution in [-0.4, -0.2) is 19.1 Å². The molecule has 0 saturated heterocycles. The Morgan fingerprint density at radius 3 is 2.37 bits per heavy atom. The molecule has 0 aromatic heterocycles. The Labute approximate surface area is 160 Å². The number of carbonyl (C=O) groups excluding carboxylic acids is 1. The van der Waals surface area contributed by atoms with Gasteiger partial charge < -0.3 is 10.1 Å². The summed E-state index contributed by atoms with van der Waals surface area (Å²) >= 11 is 0. The molecule has 1 aliphatic heterocycles. The minimum atomic E-state index is -0.204. The third-order valence-corrected chi connectivity index (χ3v) is 4.40. The molecule has 0 spiro atoms. The molecule has 2 aromatic rings. The largest absolute Gasteiger partial charge is 0.469 e. The predicted molar refractivity (Wildman–Crippen MR) is 110 cm³/mol. The molecule has 3 rings (SSSR count). The topological polar surface area (TPSA) is 38.3 Å². The molecule has 1 aliphatic rings. The van der Waals surface area contributed by atoms with E-state index in [9.17, 15) is 4.79 Å². The Morgan fingerprint density at radius 1 is 1.04 bits per heavy atom. The van der Waals surface area contributed by atoms with Crippen LogP contribution in [0.25, 0.3) is 11.1 Å². The van der Waals surface area contributed by atoms with Crippen molar-refractivity contribution in [2.75, 3.05) is 7.11 Å². The van der Waals surface area contributed by atoms with Crippen LogP contribution in [0.4, 0.5) is 0 Å². The van der Waals surface area contributed by atoms with E-state index in [1.54, 1.807) is 0 Å². The molecule has 0 saturated carbocycles. The first-order chi connectivity index (χ1) is 13.3. The highest BCUT2D eigenvalue weighted by Gasteiger charge is 2.12. The average Bonchev–Trinajstić information content (AvgIpc) is 2.83. The van der Waals surface area contributed by atoms with Crippen molar-refractivity contribution in [3.63, 3.8) is 0 Å². The van der Waals surface area contributed by atoms with Crippen molar-refractivity contribution in [3.05, 3.63) is 102 Å². The fraction of sp³-hybridized carbons (Fsp3) is 0.167.